The van der Waals surface area contributed by atoms with Crippen LogP contribution in [0.3, 0.4) is 0 Å². The zero-order valence-electron chi connectivity index (χ0n) is 13.0. The summed E-state index contributed by atoms with van der Waals surface area (Å²) in [5.41, 5.74) is -0.400. The number of hydrogen-bond donors (Lipinski definition) is 1. The quantitative estimate of drug-likeness (QED) is 0.899. The van der Waals surface area contributed by atoms with Crippen molar-refractivity contribution in [2.75, 3.05) is 0 Å². The van der Waals surface area contributed by atoms with E-state index in [1.165, 1.54) is 37.0 Å². The fourth-order valence-electron chi connectivity index (χ4n) is 5.24. The lowest BCUT2D eigenvalue weighted by Gasteiger charge is -2.54. The molecule has 2 nitrogen and oxygen atoms in total. The third-order valence-corrected chi connectivity index (χ3v) is 7.42. The average molecular weight is 303 g/mol. The standard InChI is InChI=1S/C18H25NOS/c1-18(2,15-4-3-5-21-15)17(20)19-16-13-7-11-6-12(9-13)10-14(16)8-11/h3-5,11-14,16H,6-10H2,1-2H3,(H,19,20). The van der Waals surface area contributed by atoms with E-state index in [0.717, 1.165) is 23.7 Å². The lowest BCUT2D eigenvalue weighted by molar-refractivity contribution is -0.129. The Morgan fingerprint density at radius 2 is 1.76 bits per heavy atom. The molecule has 1 aromatic heterocycles. The summed E-state index contributed by atoms with van der Waals surface area (Å²) in [6.45, 7) is 4.12. The number of amides is 1. The van der Waals surface area contributed by atoms with Gasteiger partial charge in [0.15, 0.2) is 0 Å². The summed E-state index contributed by atoms with van der Waals surface area (Å²) < 4.78 is 0. The largest absolute Gasteiger partial charge is 0.352 e. The lowest BCUT2D eigenvalue weighted by Crippen LogP contribution is -2.58. The predicted octanol–water partition coefficient (Wildman–Crippen LogP) is 3.97. The van der Waals surface area contributed by atoms with E-state index in [9.17, 15) is 4.79 Å². The summed E-state index contributed by atoms with van der Waals surface area (Å²) in [6.07, 6.45) is 6.90. The SMILES string of the molecule is CC(C)(C(=O)NC1C2CC3CC(C2)CC1C3)c1cccs1. The zero-order valence-corrected chi connectivity index (χ0v) is 13.8. The molecule has 0 radical (unpaired) electrons. The van der Waals surface area contributed by atoms with Gasteiger partial charge < -0.3 is 5.32 Å². The van der Waals surface area contributed by atoms with Crippen LogP contribution in [-0.4, -0.2) is 11.9 Å². The summed E-state index contributed by atoms with van der Waals surface area (Å²) in [7, 11) is 0. The normalized spacial score (nSPS) is 37.7. The van der Waals surface area contributed by atoms with Crippen LogP contribution in [0.5, 0.6) is 0 Å². The van der Waals surface area contributed by atoms with Gasteiger partial charge in [0.1, 0.15) is 0 Å². The van der Waals surface area contributed by atoms with Crippen LogP contribution in [0.15, 0.2) is 17.5 Å². The van der Waals surface area contributed by atoms with Gasteiger partial charge in [-0.3, -0.25) is 4.79 Å². The van der Waals surface area contributed by atoms with E-state index in [4.69, 9.17) is 0 Å². The molecule has 0 atom stereocenters. The molecule has 4 aliphatic rings. The van der Waals surface area contributed by atoms with E-state index in [2.05, 4.69) is 30.6 Å². The number of rotatable bonds is 3. The van der Waals surface area contributed by atoms with Gasteiger partial charge in [-0.2, -0.15) is 0 Å². The highest BCUT2D eigenvalue weighted by Crippen LogP contribution is 2.53. The van der Waals surface area contributed by atoms with Crippen LogP contribution < -0.4 is 5.32 Å². The molecule has 0 aliphatic heterocycles. The molecule has 1 heterocycles. The van der Waals surface area contributed by atoms with Gasteiger partial charge in [0.25, 0.3) is 0 Å². The lowest BCUT2D eigenvalue weighted by atomic mass is 9.54. The van der Waals surface area contributed by atoms with Gasteiger partial charge in [-0.05, 0) is 81.1 Å². The maximum atomic E-state index is 12.9. The average Bonchev–Trinajstić information content (AvgIpc) is 2.96. The summed E-state index contributed by atoms with van der Waals surface area (Å²) in [5, 5.41) is 5.52. The number of thiophene rings is 1. The van der Waals surface area contributed by atoms with E-state index in [-0.39, 0.29) is 5.91 Å². The highest BCUT2D eigenvalue weighted by atomic mass is 32.1. The van der Waals surface area contributed by atoms with Crippen LogP contribution in [0, 0.1) is 23.7 Å². The first-order chi connectivity index (χ1) is 10.0. The highest BCUT2D eigenvalue weighted by molar-refractivity contribution is 7.10. The molecule has 4 aliphatic carbocycles. The van der Waals surface area contributed by atoms with Crippen LogP contribution >= 0.6 is 11.3 Å². The predicted molar refractivity (Wildman–Crippen MR) is 86.3 cm³/mol. The molecule has 1 N–H and O–H groups in total. The topological polar surface area (TPSA) is 29.1 Å². The second-order valence-corrected chi connectivity index (χ2v) is 8.98. The first-order valence-corrected chi connectivity index (χ1v) is 9.27. The number of carbonyl (C=O) groups excluding carboxylic acids is 1. The number of nitrogens with one attached hydrogen (secondary N) is 1. The number of carbonyl (C=O) groups is 1. The summed E-state index contributed by atoms with van der Waals surface area (Å²) >= 11 is 1.69. The Morgan fingerprint density at radius 1 is 1.14 bits per heavy atom. The van der Waals surface area contributed by atoms with Gasteiger partial charge in [-0.25, -0.2) is 0 Å². The Hall–Kier alpha value is -0.830. The van der Waals surface area contributed by atoms with Crippen molar-refractivity contribution < 1.29 is 4.79 Å². The third kappa shape index (κ3) is 2.25. The molecule has 1 amide bonds. The van der Waals surface area contributed by atoms with Crippen molar-refractivity contribution in [1.82, 2.24) is 5.32 Å². The molecule has 4 fully saturated rings. The van der Waals surface area contributed by atoms with Gasteiger partial charge in [0, 0.05) is 10.9 Å². The number of hydrogen-bond acceptors (Lipinski definition) is 2. The Balaban J connectivity index is 1.50. The van der Waals surface area contributed by atoms with Crippen molar-refractivity contribution in [3.63, 3.8) is 0 Å². The first kappa shape index (κ1) is 13.8. The van der Waals surface area contributed by atoms with Crippen LogP contribution in [0.1, 0.15) is 50.8 Å². The van der Waals surface area contributed by atoms with E-state index in [0.29, 0.717) is 6.04 Å². The van der Waals surface area contributed by atoms with Gasteiger partial charge in [-0.15, -0.1) is 11.3 Å². The molecule has 0 unspecified atom stereocenters. The van der Waals surface area contributed by atoms with Gasteiger partial charge >= 0.3 is 0 Å². The highest BCUT2D eigenvalue weighted by Gasteiger charge is 2.49. The molecular weight excluding hydrogens is 278 g/mol. The van der Waals surface area contributed by atoms with Gasteiger partial charge in [0.05, 0.1) is 5.41 Å². The second-order valence-electron chi connectivity index (χ2n) is 8.03. The molecule has 21 heavy (non-hydrogen) atoms. The monoisotopic (exact) mass is 303 g/mol. The molecular formula is C18H25NOS. The maximum Gasteiger partial charge on any atom is 0.231 e. The smallest absolute Gasteiger partial charge is 0.231 e. The molecule has 0 aromatic carbocycles. The minimum absolute atomic E-state index is 0.224. The van der Waals surface area contributed by atoms with Crippen LogP contribution in [-0.2, 0) is 10.2 Å². The minimum Gasteiger partial charge on any atom is -0.352 e. The second kappa shape index (κ2) is 4.84. The van der Waals surface area contributed by atoms with Gasteiger partial charge in [-0.1, -0.05) is 6.07 Å². The van der Waals surface area contributed by atoms with E-state index < -0.39 is 5.41 Å². The van der Waals surface area contributed by atoms with E-state index in [1.54, 1.807) is 11.3 Å². The summed E-state index contributed by atoms with van der Waals surface area (Å²) in [6, 6.07) is 4.57. The third-order valence-electron chi connectivity index (χ3n) is 6.23. The summed E-state index contributed by atoms with van der Waals surface area (Å²) in [5.74, 6) is 3.66. The molecule has 0 saturated heterocycles. The fraction of sp³-hybridized carbons (Fsp3) is 0.722. The summed E-state index contributed by atoms with van der Waals surface area (Å²) in [4.78, 5) is 14.0. The van der Waals surface area contributed by atoms with Crippen LogP contribution in [0.4, 0.5) is 0 Å². The minimum atomic E-state index is -0.400. The van der Waals surface area contributed by atoms with Crippen molar-refractivity contribution in [3.05, 3.63) is 22.4 Å². The van der Waals surface area contributed by atoms with E-state index >= 15 is 0 Å². The Morgan fingerprint density at radius 3 is 2.29 bits per heavy atom. The first-order valence-electron chi connectivity index (χ1n) is 8.39. The molecule has 114 valence electrons. The zero-order chi connectivity index (χ0) is 14.6. The molecule has 4 saturated carbocycles. The fourth-order valence-corrected chi connectivity index (χ4v) is 6.09. The maximum absolute atomic E-state index is 12.9. The molecule has 3 heteroatoms. The molecule has 4 bridgehead atoms. The van der Waals surface area contributed by atoms with Gasteiger partial charge in [0.2, 0.25) is 5.91 Å². The Kier molecular flexibility index (Phi) is 3.18. The molecule has 5 rings (SSSR count). The van der Waals surface area contributed by atoms with Crippen molar-refractivity contribution >= 4 is 17.2 Å². The van der Waals surface area contributed by atoms with Crippen molar-refractivity contribution in [2.24, 2.45) is 23.7 Å². The van der Waals surface area contributed by atoms with Crippen molar-refractivity contribution in [3.8, 4) is 0 Å². The van der Waals surface area contributed by atoms with Crippen LogP contribution in [0.25, 0.3) is 0 Å². The van der Waals surface area contributed by atoms with E-state index in [1.807, 2.05) is 6.07 Å². The Bertz CT molecular complexity index is 505. The van der Waals surface area contributed by atoms with Crippen LogP contribution in [0.2, 0.25) is 0 Å². The molecule has 0 spiro atoms. The van der Waals surface area contributed by atoms with Crippen molar-refractivity contribution in [2.45, 2.75) is 57.4 Å². The molecule has 1 aromatic rings. The van der Waals surface area contributed by atoms with Crippen molar-refractivity contribution in [1.29, 1.82) is 0 Å². The Labute approximate surface area is 131 Å².